The number of pyridine rings is 1. The SMILES string of the molecule is CCC(Sc1cccc(NC(=O)/C(=C/c2cccc(OC)c2)NC(=O)c2ccccc2)c1)C(=O)Nc1ccc(Cl)cn1. The van der Waals surface area contributed by atoms with Gasteiger partial charge >= 0.3 is 0 Å². The number of rotatable bonds is 11. The first-order valence-electron chi connectivity index (χ1n) is 13.1. The molecule has 3 amide bonds. The zero-order chi connectivity index (χ0) is 29.9. The maximum Gasteiger partial charge on any atom is 0.272 e. The van der Waals surface area contributed by atoms with Gasteiger partial charge in [-0.05, 0) is 72.7 Å². The molecular weight excluding hydrogens is 572 g/mol. The van der Waals surface area contributed by atoms with Crippen LogP contribution in [0.5, 0.6) is 5.75 Å². The first kappa shape index (κ1) is 30.4. The van der Waals surface area contributed by atoms with Crippen LogP contribution in [-0.2, 0) is 9.59 Å². The van der Waals surface area contributed by atoms with Crippen molar-refractivity contribution in [3.05, 3.63) is 119 Å². The summed E-state index contributed by atoms with van der Waals surface area (Å²) in [7, 11) is 1.56. The van der Waals surface area contributed by atoms with Crippen molar-refractivity contribution >= 4 is 58.7 Å². The Balaban J connectivity index is 1.51. The molecule has 3 aromatic carbocycles. The molecule has 0 radical (unpaired) electrons. The van der Waals surface area contributed by atoms with Crippen molar-refractivity contribution < 1.29 is 19.1 Å². The molecule has 0 aliphatic rings. The quantitative estimate of drug-likeness (QED) is 0.131. The molecule has 4 rings (SSSR count). The van der Waals surface area contributed by atoms with Crippen molar-refractivity contribution in [3.8, 4) is 5.75 Å². The zero-order valence-corrected chi connectivity index (χ0v) is 24.5. The number of halogens is 1. The molecule has 4 aromatic rings. The smallest absolute Gasteiger partial charge is 0.272 e. The zero-order valence-electron chi connectivity index (χ0n) is 23.0. The Morgan fingerprint density at radius 3 is 2.45 bits per heavy atom. The maximum atomic E-state index is 13.5. The maximum absolute atomic E-state index is 13.5. The Hall–Kier alpha value is -4.60. The van der Waals surface area contributed by atoms with Crippen LogP contribution in [0.15, 0.2) is 108 Å². The lowest BCUT2D eigenvalue weighted by molar-refractivity contribution is -0.116. The van der Waals surface area contributed by atoms with Gasteiger partial charge in [0.25, 0.3) is 11.8 Å². The fourth-order valence-electron chi connectivity index (χ4n) is 3.83. The highest BCUT2D eigenvalue weighted by atomic mass is 35.5. The van der Waals surface area contributed by atoms with Gasteiger partial charge in [0.2, 0.25) is 5.91 Å². The standard InChI is InChI=1S/C32H29ClN4O4S/c1-3-28(32(40)37-29-16-15-23(33)20-34-29)42-26-14-8-12-24(19-26)35-31(39)27(18-21-9-7-13-25(17-21)41-2)36-30(38)22-10-5-4-6-11-22/h4-20,28H,3H2,1-2H3,(H,35,39)(H,36,38)(H,34,37,40)/b27-18-. The minimum Gasteiger partial charge on any atom is -0.497 e. The van der Waals surface area contributed by atoms with Crippen LogP contribution in [0.3, 0.4) is 0 Å². The van der Waals surface area contributed by atoms with Gasteiger partial charge in [-0.15, -0.1) is 11.8 Å². The topological polar surface area (TPSA) is 109 Å². The summed E-state index contributed by atoms with van der Waals surface area (Å²) in [6.07, 6.45) is 3.62. The number of hydrogen-bond acceptors (Lipinski definition) is 6. The Kier molecular flexibility index (Phi) is 10.7. The molecule has 0 saturated heterocycles. The number of nitrogens with one attached hydrogen (secondary N) is 3. The average molecular weight is 601 g/mol. The molecule has 1 unspecified atom stereocenters. The Labute approximate surface area is 253 Å². The number of nitrogens with zero attached hydrogens (tertiary/aromatic N) is 1. The van der Waals surface area contributed by atoms with E-state index in [2.05, 4.69) is 20.9 Å². The highest BCUT2D eigenvalue weighted by molar-refractivity contribution is 8.00. The second-order valence-corrected chi connectivity index (χ2v) is 10.7. The van der Waals surface area contributed by atoms with Crippen molar-refractivity contribution in [1.82, 2.24) is 10.3 Å². The van der Waals surface area contributed by atoms with E-state index in [0.717, 1.165) is 4.90 Å². The summed E-state index contributed by atoms with van der Waals surface area (Å²) in [6.45, 7) is 1.92. The average Bonchev–Trinajstić information content (AvgIpc) is 3.01. The molecule has 214 valence electrons. The van der Waals surface area contributed by atoms with Gasteiger partial charge < -0.3 is 20.7 Å². The third-order valence-electron chi connectivity index (χ3n) is 5.95. The predicted octanol–water partition coefficient (Wildman–Crippen LogP) is 6.66. The molecule has 10 heteroatoms. The molecular formula is C32H29ClN4O4S. The van der Waals surface area contributed by atoms with E-state index in [9.17, 15) is 14.4 Å². The molecule has 8 nitrogen and oxygen atoms in total. The van der Waals surface area contributed by atoms with Gasteiger partial charge in [-0.3, -0.25) is 14.4 Å². The number of amides is 3. The largest absolute Gasteiger partial charge is 0.497 e. The molecule has 0 bridgehead atoms. The van der Waals surface area contributed by atoms with Crippen LogP contribution in [0.25, 0.3) is 6.08 Å². The number of carbonyl (C=O) groups excluding carboxylic acids is 3. The number of hydrogen-bond donors (Lipinski definition) is 3. The predicted molar refractivity (Wildman–Crippen MR) is 168 cm³/mol. The number of carbonyl (C=O) groups is 3. The Morgan fingerprint density at radius 2 is 1.74 bits per heavy atom. The van der Waals surface area contributed by atoms with Gasteiger partial charge in [0, 0.05) is 22.3 Å². The summed E-state index contributed by atoms with van der Waals surface area (Å²) >= 11 is 7.25. The highest BCUT2D eigenvalue weighted by Gasteiger charge is 2.20. The molecule has 0 saturated carbocycles. The lowest BCUT2D eigenvalue weighted by atomic mass is 10.1. The highest BCUT2D eigenvalue weighted by Crippen LogP contribution is 2.29. The van der Waals surface area contributed by atoms with E-state index < -0.39 is 17.1 Å². The third kappa shape index (κ3) is 8.70. The molecule has 0 fully saturated rings. The van der Waals surface area contributed by atoms with Crippen LogP contribution in [-0.4, -0.2) is 35.1 Å². The number of methoxy groups -OCH3 is 1. The minimum atomic E-state index is -0.511. The van der Waals surface area contributed by atoms with Crippen LogP contribution in [0.2, 0.25) is 5.02 Å². The van der Waals surface area contributed by atoms with Crippen molar-refractivity contribution in [3.63, 3.8) is 0 Å². The van der Waals surface area contributed by atoms with E-state index in [1.165, 1.54) is 18.0 Å². The van der Waals surface area contributed by atoms with Gasteiger partial charge in [0.15, 0.2) is 0 Å². The molecule has 1 atom stereocenters. The lowest BCUT2D eigenvalue weighted by Crippen LogP contribution is -2.30. The number of aromatic nitrogens is 1. The van der Waals surface area contributed by atoms with Crippen LogP contribution in [0, 0.1) is 0 Å². The molecule has 3 N–H and O–H groups in total. The van der Waals surface area contributed by atoms with E-state index in [0.29, 0.717) is 39.8 Å². The fraction of sp³-hybridized carbons (Fsp3) is 0.125. The number of anilines is 2. The van der Waals surface area contributed by atoms with E-state index >= 15 is 0 Å². The Bertz CT molecular complexity index is 1580. The van der Waals surface area contributed by atoms with Crippen LogP contribution < -0.4 is 20.7 Å². The summed E-state index contributed by atoms with van der Waals surface area (Å²) in [5.74, 6) is -0.0979. The van der Waals surface area contributed by atoms with Crippen LogP contribution in [0.1, 0.15) is 29.3 Å². The molecule has 1 heterocycles. The molecule has 0 aliphatic carbocycles. The lowest BCUT2D eigenvalue weighted by Gasteiger charge is -2.16. The number of thioether (sulfide) groups is 1. The van der Waals surface area contributed by atoms with Crippen molar-refractivity contribution in [2.45, 2.75) is 23.5 Å². The fourth-order valence-corrected chi connectivity index (χ4v) is 4.95. The van der Waals surface area contributed by atoms with Gasteiger partial charge in [0.05, 0.1) is 17.4 Å². The normalized spacial score (nSPS) is 11.7. The first-order valence-corrected chi connectivity index (χ1v) is 14.3. The summed E-state index contributed by atoms with van der Waals surface area (Å²) in [5.41, 5.74) is 1.64. The van der Waals surface area contributed by atoms with Gasteiger partial charge in [-0.25, -0.2) is 4.98 Å². The van der Waals surface area contributed by atoms with Crippen molar-refractivity contribution in [1.29, 1.82) is 0 Å². The first-order chi connectivity index (χ1) is 20.3. The molecule has 0 aliphatic heterocycles. The second kappa shape index (κ2) is 14.9. The third-order valence-corrected chi connectivity index (χ3v) is 7.53. The Morgan fingerprint density at radius 1 is 0.952 bits per heavy atom. The number of ether oxygens (including phenoxy) is 1. The van der Waals surface area contributed by atoms with Crippen molar-refractivity contribution in [2.75, 3.05) is 17.7 Å². The van der Waals surface area contributed by atoms with E-state index in [-0.39, 0.29) is 11.6 Å². The molecule has 42 heavy (non-hydrogen) atoms. The van der Waals surface area contributed by atoms with E-state index in [1.807, 2.05) is 19.1 Å². The summed E-state index contributed by atoms with van der Waals surface area (Å²) in [5, 5.41) is 8.49. The van der Waals surface area contributed by atoms with E-state index in [1.54, 1.807) is 92.0 Å². The van der Waals surface area contributed by atoms with Gasteiger partial charge in [-0.1, -0.05) is 54.9 Å². The summed E-state index contributed by atoms with van der Waals surface area (Å²) < 4.78 is 5.29. The summed E-state index contributed by atoms with van der Waals surface area (Å²) in [6, 6.07) is 26.3. The van der Waals surface area contributed by atoms with Crippen LogP contribution >= 0.6 is 23.4 Å². The minimum absolute atomic E-state index is 0.0523. The van der Waals surface area contributed by atoms with Crippen LogP contribution in [0.4, 0.5) is 11.5 Å². The molecule has 1 aromatic heterocycles. The molecule has 0 spiro atoms. The van der Waals surface area contributed by atoms with Gasteiger partial charge in [0.1, 0.15) is 17.3 Å². The second-order valence-electron chi connectivity index (χ2n) is 9.00. The van der Waals surface area contributed by atoms with Crippen molar-refractivity contribution in [2.24, 2.45) is 0 Å². The number of benzene rings is 3. The monoisotopic (exact) mass is 600 g/mol. The summed E-state index contributed by atoms with van der Waals surface area (Å²) in [4.78, 5) is 44.2. The van der Waals surface area contributed by atoms with Gasteiger partial charge in [-0.2, -0.15) is 0 Å². The van der Waals surface area contributed by atoms with E-state index in [4.69, 9.17) is 16.3 Å².